The van der Waals surface area contributed by atoms with E-state index in [-0.39, 0.29) is 12.0 Å². The van der Waals surface area contributed by atoms with Gasteiger partial charge in [-0.15, -0.1) is 0 Å². The van der Waals surface area contributed by atoms with Crippen molar-refractivity contribution >= 4 is 5.91 Å². The van der Waals surface area contributed by atoms with Gasteiger partial charge in [0.05, 0.1) is 13.2 Å². The van der Waals surface area contributed by atoms with Gasteiger partial charge in [0.2, 0.25) is 0 Å². The van der Waals surface area contributed by atoms with E-state index in [1.54, 1.807) is 11.1 Å². The van der Waals surface area contributed by atoms with Crippen LogP contribution in [0.5, 0.6) is 0 Å². The number of morpholine rings is 1. The van der Waals surface area contributed by atoms with Crippen LogP contribution in [-0.2, 0) is 11.3 Å². The number of hydrogen-bond donors (Lipinski definition) is 1. The number of amides is 1. The molecule has 0 radical (unpaired) electrons. The molecule has 0 aromatic carbocycles. The van der Waals surface area contributed by atoms with Gasteiger partial charge in [-0.3, -0.25) is 9.78 Å². The summed E-state index contributed by atoms with van der Waals surface area (Å²) in [4.78, 5) is 28.5. The van der Waals surface area contributed by atoms with Gasteiger partial charge in [-0.25, -0.2) is 4.98 Å². The molecule has 1 saturated heterocycles. The van der Waals surface area contributed by atoms with E-state index in [0.717, 1.165) is 23.6 Å². The first kappa shape index (κ1) is 16.6. The predicted molar refractivity (Wildman–Crippen MR) is 89.5 cm³/mol. The highest BCUT2D eigenvalue weighted by Gasteiger charge is 2.29. The van der Waals surface area contributed by atoms with E-state index >= 15 is 0 Å². The Labute approximate surface area is 141 Å². The second kappa shape index (κ2) is 7.11. The van der Waals surface area contributed by atoms with Crippen LogP contribution in [-0.4, -0.2) is 64.5 Å². The zero-order chi connectivity index (χ0) is 17.1. The Hall–Kier alpha value is -2.25. The maximum atomic E-state index is 12.7. The van der Waals surface area contributed by atoms with Crippen LogP contribution in [0.25, 0.3) is 0 Å². The van der Waals surface area contributed by atoms with E-state index in [4.69, 9.17) is 4.74 Å². The molecule has 1 atom stereocenters. The van der Waals surface area contributed by atoms with Gasteiger partial charge in [0.25, 0.3) is 5.91 Å². The van der Waals surface area contributed by atoms with E-state index in [0.29, 0.717) is 25.4 Å². The summed E-state index contributed by atoms with van der Waals surface area (Å²) in [6, 6.07) is 3.74. The third kappa shape index (κ3) is 3.63. The molecule has 3 heterocycles. The fourth-order valence-corrected chi connectivity index (χ4v) is 2.82. The summed E-state index contributed by atoms with van der Waals surface area (Å²) in [7, 11) is 4.01. The molecule has 1 N–H and O–H groups in total. The lowest BCUT2D eigenvalue weighted by atomic mass is 10.1. The number of nitrogens with zero attached hydrogens (tertiary/aromatic N) is 4. The van der Waals surface area contributed by atoms with Crippen LogP contribution < -0.4 is 0 Å². The lowest BCUT2D eigenvalue weighted by Gasteiger charge is -2.32. The molecule has 0 unspecified atom stereocenters. The normalized spacial score (nSPS) is 18.2. The predicted octanol–water partition coefficient (Wildman–Crippen LogP) is 1.39. The number of carbonyl (C=O) groups is 1. The molecule has 128 valence electrons. The molecule has 0 aliphatic carbocycles. The molecule has 1 aliphatic rings. The molecule has 3 rings (SSSR count). The fourth-order valence-electron chi connectivity index (χ4n) is 2.82. The molecular weight excluding hydrogens is 306 g/mol. The molecule has 2 aromatic heterocycles. The van der Waals surface area contributed by atoms with Crippen LogP contribution >= 0.6 is 0 Å². The largest absolute Gasteiger partial charge is 0.367 e. The first-order valence-electron chi connectivity index (χ1n) is 8.05. The SMILES string of the molecule is Cc1cccnc1C(=O)N1CCO[C@@H](c2ncc(CN(C)C)[nH]2)C1. The van der Waals surface area contributed by atoms with Crippen molar-refractivity contribution in [1.82, 2.24) is 24.8 Å². The summed E-state index contributed by atoms with van der Waals surface area (Å²) in [5.74, 6) is 0.712. The van der Waals surface area contributed by atoms with Gasteiger partial charge in [-0.2, -0.15) is 0 Å². The van der Waals surface area contributed by atoms with Crippen molar-refractivity contribution in [3.05, 3.63) is 47.3 Å². The van der Waals surface area contributed by atoms with Gasteiger partial charge in [-0.05, 0) is 32.6 Å². The smallest absolute Gasteiger partial charge is 0.272 e. The molecule has 1 aliphatic heterocycles. The molecule has 2 aromatic rings. The molecule has 1 fully saturated rings. The Morgan fingerprint density at radius 2 is 2.29 bits per heavy atom. The second-order valence-electron chi connectivity index (χ2n) is 6.31. The average molecular weight is 329 g/mol. The number of pyridine rings is 1. The molecule has 1 amide bonds. The van der Waals surface area contributed by atoms with Gasteiger partial charge in [-0.1, -0.05) is 6.07 Å². The van der Waals surface area contributed by atoms with Crippen molar-refractivity contribution < 1.29 is 9.53 Å². The standard InChI is InChI=1S/C17H23N5O2/c1-12-5-4-6-18-15(12)17(23)22-7-8-24-14(11-22)16-19-9-13(20-16)10-21(2)3/h4-6,9,14H,7-8,10-11H2,1-3H3,(H,19,20)/t14-/m1/s1. The average Bonchev–Trinajstić information content (AvgIpc) is 3.02. The fraction of sp³-hybridized carbons (Fsp3) is 0.471. The number of nitrogens with one attached hydrogen (secondary N) is 1. The second-order valence-corrected chi connectivity index (χ2v) is 6.31. The zero-order valence-corrected chi connectivity index (χ0v) is 14.3. The van der Waals surface area contributed by atoms with Crippen molar-refractivity contribution in [2.24, 2.45) is 0 Å². The van der Waals surface area contributed by atoms with Gasteiger partial charge >= 0.3 is 0 Å². The number of aromatic amines is 1. The number of aryl methyl sites for hydroxylation is 1. The van der Waals surface area contributed by atoms with E-state index < -0.39 is 0 Å². The number of imidazole rings is 1. The number of rotatable bonds is 4. The van der Waals surface area contributed by atoms with Gasteiger partial charge < -0.3 is 19.5 Å². The quantitative estimate of drug-likeness (QED) is 0.917. The molecular formula is C17H23N5O2. The molecule has 0 bridgehead atoms. The van der Waals surface area contributed by atoms with E-state index in [9.17, 15) is 4.79 Å². The van der Waals surface area contributed by atoms with Crippen molar-refractivity contribution in [3.8, 4) is 0 Å². The maximum Gasteiger partial charge on any atom is 0.272 e. The number of carbonyl (C=O) groups excluding carboxylic acids is 1. The van der Waals surface area contributed by atoms with Crippen LogP contribution in [0.1, 0.15) is 33.7 Å². The Morgan fingerprint density at radius 3 is 3.04 bits per heavy atom. The van der Waals surface area contributed by atoms with Crippen molar-refractivity contribution in [1.29, 1.82) is 0 Å². The highest BCUT2D eigenvalue weighted by molar-refractivity contribution is 5.93. The van der Waals surface area contributed by atoms with E-state index in [1.807, 2.05) is 39.3 Å². The van der Waals surface area contributed by atoms with Crippen molar-refractivity contribution in [2.45, 2.75) is 19.6 Å². The lowest BCUT2D eigenvalue weighted by Crippen LogP contribution is -2.43. The summed E-state index contributed by atoms with van der Waals surface area (Å²) in [5, 5.41) is 0. The summed E-state index contributed by atoms with van der Waals surface area (Å²) in [6.45, 7) is 4.22. The lowest BCUT2D eigenvalue weighted by molar-refractivity contribution is -0.0267. The highest BCUT2D eigenvalue weighted by atomic mass is 16.5. The van der Waals surface area contributed by atoms with Gasteiger partial charge in [0.1, 0.15) is 17.6 Å². The Kier molecular flexibility index (Phi) is 4.92. The first-order chi connectivity index (χ1) is 11.5. The minimum atomic E-state index is -0.234. The number of aromatic nitrogens is 3. The summed E-state index contributed by atoms with van der Waals surface area (Å²) in [6.07, 6.45) is 3.24. The minimum absolute atomic E-state index is 0.0542. The summed E-state index contributed by atoms with van der Waals surface area (Å²) in [5.41, 5.74) is 2.42. The molecule has 0 saturated carbocycles. The highest BCUT2D eigenvalue weighted by Crippen LogP contribution is 2.21. The van der Waals surface area contributed by atoms with Crippen LogP contribution in [0, 0.1) is 6.92 Å². The third-order valence-corrected chi connectivity index (χ3v) is 4.01. The third-order valence-electron chi connectivity index (χ3n) is 4.01. The number of hydrogen-bond acceptors (Lipinski definition) is 5. The topological polar surface area (TPSA) is 74.4 Å². The van der Waals surface area contributed by atoms with E-state index in [1.165, 1.54) is 0 Å². The molecule has 7 nitrogen and oxygen atoms in total. The minimum Gasteiger partial charge on any atom is -0.367 e. The number of ether oxygens (including phenoxy) is 1. The number of H-pyrrole nitrogens is 1. The summed E-state index contributed by atoms with van der Waals surface area (Å²) < 4.78 is 5.81. The summed E-state index contributed by atoms with van der Waals surface area (Å²) >= 11 is 0. The van der Waals surface area contributed by atoms with E-state index in [2.05, 4.69) is 19.9 Å². The van der Waals surface area contributed by atoms with Crippen LogP contribution in [0.2, 0.25) is 0 Å². The van der Waals surface area contributed by atoms with Crippen molar-refractivity contribution in [3.63, 3.8) is 0 Å². The van der Waals surface area contributed by atoms with Crippen LogP contribution in [0.3, 0.4) is 0 Å². The Balaban J connectivity index is 1.71. The molecule has 7 heteroatoms. The van der Waals surface area contributed by atoms with Crippen LogP contribution in [0.15, 0.2) is 24.5 Å². The Bertz CT molecular complexity index is 713. The molecule has 0 spiro atoms. The monoisotopic (exact) mass is 329 g/mol. The van der Waals surface area contributed by atoms with Gasteiger partial charge in [0.15, 0.2) is 0 Å². The van der Waals surface area contributed by atoms with Gasteiger partial charge in [0, 0.05) is 31.2 Å². The van der Waals surface area contributed by atoms with Crippen molar-refractivity contribution in [2.75, 3.05) is 33.8 Å². The molecule has 24 heavy (non-hydrogen) atoms. The maximum absolute atomic E-state index is 12.7. The first-order valence-corrected chi connectivity index (χ1v) is 8.05. The van der Waals surface area contributed by atoms with Crippen LogP contribution in [0.4, 0.5) is 0 Å². The Morgan fingerprint density at radius 1 is 1.46 bits per heavy atom. The zero-order valence-electron chi connectivity index (χ0n) is 14.3.